The van der Waals surface area contributed by atoms with Crippen LogP contribution in [0.5, 0.6) is 0 Å². The van der Waals surface area contributed by atoms with Gasteiger partial charge in [-0.25, -0.2) is 8.42 Å². The molecule has 9 heteroatoms. The number of morpholine rings is 1. The molecule has 4 rings (SSSR count). The second kappa shape index (κ2) is 7.61. The number of nitrogens with zero attached hydrogens (tertiary/aromatic N) is 2. The molecule has 0 amide bonds. The molecule has 0 spiro atoms. The van der Waals surface area contributed by atoms with Gasteiger partial charge in [0.1, 0.15) is 5.69 Å². The van der Waals surface area contributed by atoms with Crippen molar-refractivity contribution in [3.05, 3.63) is 28.3 Å². The number of nitrogens with one attached hydrogen (secondary N) is 1. The first kappa shape index (κ1) is 19.6. The Morgan fingerprint density at radius 1 is 1.25 bits per heavy atom. The number of benzene rings is 1. The normalized spacial score (nSPS) is 29.0. The Hall–Kier alpha value is -1.71. The number of nitro groups is 1. The molecule has 0 aromatic heterocycles. The van der Waals surface area contributed by atoms with Crippen LogP contribution in [0.4, 0.5) is 11.4 Å². The van der Waals surface area contributed by atoms with Crippen molar-refractivity contribution < 1.29 is 18.1 Å². The summed E-state index contributed by atoms with van der Waals surface area (Å²) in [5, 5.41) is 15.0. The van der Waals surface area contributed by atoms with E-state index in [-0.39, 0.29) is 29.7 Å². The van der Waals surface area contributed by atoms with E-state index in [0.717, 1.165) is 5.92 Å². The Labute approximate surface area is 165 Å². The highest BCUT2D eigenvalue weighted by Crippen LogP contribution is 2.50. The van der Waals surface area contributed by atoms with E-state index in [9.17, 15) is 18.5 Å². The van der Waals surface area contributed by atoms with Crippen LogP contribution in [0.15, 0.2) is 23.1 Å². The summed E-state index contributed by atoms with van der Waals surface area (Å²) in [6, 6.07) is 4.31. The molecule has 1 N–H and O–H groups in total. The van der Waals surface area contributed by atoms with Gasteiger partial charge in [-0.1, -0.05) is 6.42 Å². The fourth-order valence-electron chi connectivity index (χ4n) is 5.14. The molecular weight excluding hydrogens is 382 g/mol. The molecule has 2 saturated carbocycles. The molecule has 4 atom stereocenters. The quantitative estimate of drug-likeness (QED) is 0.573. The Balaban J connectivity index is 1.56. The van der Waals surface area contributed by atoms with Gasteiger partial charge in [-0.2, -0.15) is 4.31 Å². The van der Waals surface area contributed by atoms with E-state index in [1.165, 1.54) is 48.2 Å². The van der Waals surface area contributed by atoms with Crippen LogP contribution in [0.25, 0.3) is 0 Å². The number of nitro benzene ring substituents is 1. The van der Waals surface area contributed by atoms with Gasteiger partial charge >= 0.3 is 0 Å². The minimum Gasteiger partial charge on any atom is -0.379 e. The molecule has 1 heterocycles. The molecular formula is C19H27N3O5S. The van der Waals surface area contributed by atoms with E-state index in [4.69, 9.17) is 4.74 Å². The molecule has 1 aliphatic heterocycles. The van der Waals surface area contributed by atoms with Crippen LogP contribution in [0.3, 0.4) is 0 Å². The van der Waals surface area contributed by atoms with Gasteiger partial charge in [-0.05, 0) is 56.1 Å². The molecule has 1 aromatic carbocycles. The lowest BCUT2D eigenvalue weighted by Gasteiger charge is -2.29. The number of fused-ring (bicyclic) bond motifs is 2. The van der Waals surface area contributed by atoms with E-state index in [1.54, 1.807) is 0 Å². The van der Waals surface area contributed by atoms with Crippen molar-refractivity contribution in [2.75, 3.05) is 31.6 Å². The summed E-state index contributed by atoms with van der Waals surface area (Å²) in [4.78, 5) is 11.1. The smallest absolute Gasteiger partial charge is 0.293 e. The molecule has 2 aliphatic carbocycles. The van der Waals surface area contributed by atoms with E-state index in [1.807, 2.05) is 0 Å². The molecule has 3 fully saturated rings. The lowest BCUT2D eigenvalue weighted by atomic mass is 9.84. The number of hydrogen-bond donors (Lipinski definition) is 1. The largest absolute Gasteiger partial charge is 0.379 e. The van der Waals surface area contributed by atoms with Crippen LogP contribution in [0.1, 0.15) is 32.6 Å². The summed E-state index contributed by atoms with van der Waals surface area (Å²) < 4.78 is 32.2. The van der Waals surface area contributed by atoms with Crippen LogP contribution in [-0.4, -0.2) is 50.0 Å². The summed E-state index contributed by atoms with van der Waals surface area (Å²) in [7, 11) is -3.76. The number of sulfonamides is 1. The van der Waals surface area contributed by atoms with Crippen molar-refractivity contribution in [2.45, 2.75) is 43.5 Å². The van der Waals surface area contributed by atoms with Crippen LogP contribution < -0.4 is 5.32 Å². The van der Waals surface area contributed by atoms with Gasteiger partial charge in [0.15, 0.2) is 0 Å². The Kier molecular flexibility index (Phi) is 5.32. The maximum absolute atomic E-state index is 12.8. The van der Waals surface area contributed by atoms with Gasteiger partial charge in [0.2, 0.25) is 10.0 Å². The Morgan fingerprint density at radius 3 is 2.61 bits per heavy atom. The summed E-state index contributed by atoms with van der Waals surface area (Å²) in [5.74, 6) is 2.03. The minimum absolute atomic E-state index is 0.0424. The Morgan fingerprint density at radius 2 is 2.00 bits per heavy atom. The minimum atomic E-state index is -3.76. The average Bonchev–Trinajstić information content (AvgIpc) is 3.32. The van der Waals surface area contributed by atoms with Gasteiger partial charge in [-0.3, -0.25) is 10.1 Å². The van der Waals surface area contributed by atoms with E-state index in [0.29, 0.717) is 30.7 Å². The third kappa shape index (κ3) is 3.62. The monoisotopic (exact) mass is 409 g/mol. The van der Waals surface area contributed by atoms with Gasteiger partial charge in [0, 0.05) is 25.2 Å². The predicted molar refractivity (Wildman–Crippen MR) is 105 cm³/mol. The lowest BCUT2D eigenvalue weighted by molar-refractivity contribution is -0.384. The fraction of sp³-hybridized carbons (Fsp3) is 0.684. The predicted octanol–water partition coefficient (Wildman–Crippen LogP) is 2.85. The average molecular weight is 410 g/mol. The number of anilines is 1. The molecule has 28 heavy (non-hydrogen) atoms. The van der Waals surface area contributed by atoms with Gasteiger partial charge in [0.05, 0.1) is 23.0 Å². The topological polar surface area (TPSA) is 102 Å². The van der Waals surface area contributed by atoms with Gasteiger partial charge in [-0.15, -0.1) is 0 Å². The van der Waals surface area contributed by atoms with Crippen LogP contribution >= 0.6 is 0 Å². The molecule has 0 radical (unpaired) electrons. The highest BCUT2D eigenvalue weighted by atomic mass is 32.2. The SMILES string of the molecule is C[C@@H](Nc1ccc(S(=O)(=O)N2CCOCC2)cc1[N+](=O)[O-])[C@H]1C[C@@H]2CC[C@@H]1C2. The van der Waals surface area contributed by atoms with Crippen molar-refractivity contribution in [1.29, 1.82) is 0 Å². The van der Waals surface area contributed by atoms with Crippen LogP contribution in [0, 0.1) is 27.9 Å². The molecule has 2 bridgehead atoms. The standard InChI is InChI=1S/C19H27N3O5S/c1-13(17-11-14-2-3-15(17)10-14)20-18-5-4-16(12-19(18)22(23)24)28(25,26)21-6-8-27-9-7-21/h4-5,12-15,17,20H,2-3,6-11H2,1H3/t13-,14-,15-,17-/m1/s1. The zero-order valence-electron chi connectivity index (χ0n) is 16.0. The molecule has 1 aromatic rings. The molecule has 0 unspecified atom stereocenters. The highest BCUT2D eigenvalue weighted by Gasteiger charge is 2.42. The van der Waals surface area contributed by atoms with Crippen LogP contribution in [0.2, 0.25) is 0 Å². The lowest BCUT2D eigenvalue weighted by Crippen LogP contribution is -2.40. The number of rotatable bonds is 6. The maximum atomic E-state index is 12.8. The van der Waals surface area contributed by atoms with E-state index < -0.39 is 14.9 Å². The van der Waals surface area contributed by atoms with Crippen molar-refractivity contribution >= 4 is 21.4 Å². The van der Waals surface area contributed by atoms with E-state index in [2.05, 4.69) is 12.2 Å². The third-order valence-corrected chi connectivity index (χ3v) is 8.49. The highest BCUT2D eigenvalue weighted by molar-refractivity contribution is 7.89. The number of ether oxygens (including phenoxy) is 1. The summed E-state index contributed by atoms with van der Waals surface area (Å²) in [6.07, 6.45) is 5.01. The maximum Gasteiger partial charge on any atom is 0.293 e. The zero-order valence-corrected chi connectivity index (χ0v) is 16.9. The summed E-state index contributed by atoms with van der Waals surface area (Å²) in [6.45, 7) is 3.27. The molecule has 154 valence electrons. The number of hydrogen-bond acceptors (Lipinski definition) is 6. The first-order chi connectivity index (χ1) is 13.4. The third-order valence-electron chi connectivity index (χ3n) is 6.59. The zero-order chi connectivity index (χ0) is 19.9. The second-order valence-electron chi connectivity index (χ2n) is 8.22. The van der Waals surface area contributed by atoms with Gasteiger partial charge < -0.3 is 10.1 Å². The molecule has 1 saturated heterocycles. The fourth-order valence-corrected chi connectivity index (χ4v) is 6.57. The van der Waals surface area contributed by atoms with E-state index >= 15 is 0 Å². The summed E-state index contributed by atoms with van der Waals surface area (Å²) in [5.41, 5.74) is 0.200. The first-order valence-corrected chi connectivity index (χ1v) is 11.4. The van der Waals surface area contributed by atoms with Gasteiger partial charge in [0.25, 0.3) is 5.69 Å². The second-order valence-corrected chi connectivity index (χ2v) is 10.2. The van der Waals surface area contributed by atoms with Crippen molar-refractivity contribution in [3.63, 3.8) is 0 Å². The van der Waals surface area contributed by atoms with Crippen molar-refractivity contribution in [2.24, 2.45) is 17.8 Å². The van der Waals surface area contributed by atoms with Crippen molar-refractivity contribution in [3.8, 4) is 0 Å². The van der Waals surface area contributed by atoms with Crippen LogP contribution in [-0.2, 0) is 14.8 Å². The Bertz CT molecular complexity index is 853. The van der Waals surface area contributed by atoms with Crippen molar-refractivity contribution in [1.82, 2.24) is 4.31 Å². The summed E-state index contributed by atoms with van der Waals surface area (Å²) >= 11 is 0. The first-order valence-electron chi connectivity index (χ1n) is 9.99. The molecule has 3 aliphatic rings. The molecule has 8 nitrogen and oxygen atoms in total.